The fourth-order valence-electron chi connectivity index (χ4n) is 2.40. The molecule has 0 unspecified atom stereocenters. The molecule has 25 heavy (non-hydrogen) atoms. The number of methoxy groups -OCH3 is 1. The zero-order chi connectivity index (χ0) is 18.2. The van der Waals surface area contributed by atoms with Gasteiger partial charge in [0.1, 0.15) is 12.4 Å². The van der Waals surface area contributed by atoms with Gasteiger partial charge < -0.3 is 19.3 Å². The second kappa shape index (κ2) is 9.61. The molecular formula is C19H25ClN2O3. The molecule has 5 nitrogen and oxygen atoms in total. The molecule has 0 atom stereocenters. The minimum Gasteiger partial charge on any atom is -0.488 e. The third kappa shape index (κ3) is 6.20. The van der Waals surface area contributed by atoms with Crippen LogP contribution in [0.5, 0.6) is 5.75 Å². The van der Waals surface area contributed by atoms with Crippen LogP contribution in [0.2, 0.25) is 5.02 Å². The van der Waals surface area contributed by atoms with E-state index in [0.29, 0.717) is 31.3 Å². The van der Waals surface area contributed by atoms with E-state index in [-0.39, 0.29) is 5.91 Å². The zero-order valence-electron chi connectivity index (χ0n) is 15.0. The molecule has 1 aliphatic heterocycles. The Hall–Kier alpha value is -1.82. The fourth-order valence-corrected chi connectivity index (χ4v) is 2.58. The molecule has 2 rings (SSSR count). The Kier molecular flexibility index (Phi) is 7.50. The topological polar surface area (TPSA) is 42.0 Å². The van der Waals surface area contributed by atoms with E-state index in [4.69, 9.17) is 21.1 Å². The highest BCUT2D eigenvalue weighted by molar-refractivity contribution is 6.30. The van der Waals surface area contributed by atoms with Crippen LogP contribution in [0.4, 0.5) is 0 Å². The molecule has 0 N–H and O–H groups in total. The van der Waals surface area contributed by atoms with Crippen molar-refractivity contribution in [1.82, 2.24) is 9.80 Å². The van der Waals surface area contributed by atoms with Gasteiger partial charge in [0.25, 0.3) is 0 Å². The largest absolute Gasteiger partial charge is 0.488 e. The molecule has 0 radical (unpaired) electrons. The van der Waals surface area contributed by atoms with Gasteiger partial charge in [0.05, 0.1) is 6.61 Å². The Balaban J connectivity index is 2.03. The van der Waals surface area contributed by atoms with Gasteiger partial charge in [-0.1, -0.05) is 17.7 Å². The summed E-state index contributed by atoms with van der Waals surface area (Å²) in [6.07, 6.45) is 5.39. The number of halogens is 1. The molecule has 1 amide bonds. The fraction of sp³-hybridized carbons (Fsp3) is 0.421. The summed E-state index contributed by atoms with van der Waals surface area (Å²) < 4.78 is 10.8. The van der Waals surface area contributed by atoms with Crippen LogP contribution in [-0.2, 0) is 9.53 Å². The number of fused-ring (bicyclic) bond motifs is 1. The average Bonchev–Trinajstić information content (AvgIpc) is 2.59. The number of nitrogens with zero attached hydrogens (tertiary/aromatic N) is 2. The summed E-state index contributed by atoms with van der Waals surface area (Å²) >= 11 is 6.02. The van der Waals surface area contributed by atoms with Crippen molar-refractivity contribution in [1.29, 1.82) is 0 Å². The van der Waals surface area contributed by atoms with Crippen molar-refractivity contribution < 1.29 is 14.3 Å². The molecule has 0 bridgehead atoms. The van der Waals surface area contributed by atoms with Crippen LogP contribution < -0.4 is 4.74 Å². The lowest BCUT2D eigenvalue weighted by Crippen LogP contribution is -2.37. The van der Waals surface area contributed by atoms with Crippen molar-refractivity contribution in [3.8, 4) is 5.75 Å². The lowest BCUT2D eigenvalue weighted by Gasteiger charge is -2.23. The van der Waals surface area contributed by atoms with Crippen molar-refractivity contribution in [2.75, 3.05) is 54.1 Å². The standard InChI is InChI=1S/C19H25ClN2O3/c1-21(2)8-9-22(10-11-24-3)19(23)7-4-15-12-16-13-17(20)5-6-18(16)25-14-15/h4-7,12-13H,8-11,14H2,1-3H3. The van der Waals surface area contributed by atoms with Crippen LogP contribution in [0.25, 0.3) is 6.08 Å². The number of ether oxygens (including phenoxy) is 2. The number of carbonyl (C=O) groups is 1. The Morgan fingerprint density at radius 3 is 2.84 bits per heavy atom. The van der Waals surface area contributed by atoms with Gasteiger partial charge in [-0.3, -0.25) is 4.79 Å². The number of carbonyl (C=O) groups excluding carboxylic acids is 1. The molecular weight excluding hydrogens is 340 g/mol. The number of likely N-dealkylation sites (N-methyl/N-ethyl adjacent to an activating group) is 1. The highest BCUT2D eigenvalue weighted by atomic mass is 35.5. The van der Waals surface area contributed by atoms with Gasteiger partial charge in [0.2, 0.25) is 5.91 Å². The van der Waals surface area contributed by atoms with Crippen LogP contribution >= 0.6 is 11.6 Å². The predicted octanol–water partition coefficient (Wildman–Crippen LogP) is 2.71. The van der Waals surface area contributed by atoms with E-state index in [0.717, 1.165) is 23.4 Å². The minimum atomic E-state index is -0.0308. The monoisotopic (exact) mass is 364 g/mol. The Morgan fingerprint density at radius 2 is 2.12 bits per heavy atom. The van der Waals surface area contributed by atoms with Gasteiger partial charge in [0, 0.05) is 43.4 Å². The zero-order valence-corrected chi connectivity index (χ0v) is 15.8. The predicted molar refractivity (Wildman–Crippen MR) is 101 cm³/mol. The number of hydrogen-bond donors (Lipinski definition) is 0. The molecule has 0 aromatic heterocycles. The quantitative estimate of drug-likeness (QED) is 0.665. The van der Waals surface area contributed by atoms with Crippen molar-refractivity contribution in [2.24, 2.45) is 0 Å². The SMILES string of the molecule is COCCN(CCN(C)C)C(=O)C=CC1=Cc2cc(Cl)ccc2OC1. The molecule has 1 aliphatic rings. The second-order valence-electron chi connectivity index (χ2n) is 6.14. The second-order valence-corrected chi connectivity index (χ2v) is 6.58. The van der Waals surface area contributed by atoms with E-state index in [1.807, 2.05) is 38.4 Å². The summed E-state index contributed by atoms with van der Waals surface area (Å²) in [5.74, 6) is 0.775. The van der Waals surface area contributed by atoms with Gasteiger partial charge in [-0.15, -0.1) is 0 Å². The molecule has 136 valence electrons. The first-order valence-corrected chi connectivity index (χ1v) is 8.61. The highest BCUT2D eigenvalue weighted by Crippen LogP contribution is 2.29. The van der Waals surface area contributed by atoms with Gasteiger partial charge in [-0.2, -0.15) is 0 Å². The smallest absolute Gasteiger partial charge is 0.246 e. The van der Waals surface area contributed by atoms with E-state index in [9.17, 15) is 4.79 Å². The maximum atomic E-state index is 12.5. The van der Waals surface area contributed by atoms with E-state index in [1.54, 1.807) is 24.2 Å². The maximum Gasteiger partial charge on any atom is 0.246 e. The normalized spacial score (nSPS) is 13.6. The summed E-state index contributed by atoms with van der Waals surface area (Å²) in [6.45, 7) is 2.99. The Labute approximate surface area is 154 Å². The van der Waals surface area contributed by atoms with Crippen molar-refractivity contribution >= 4 is 23.6 Å². The van der Waals surface area contributed by atoms with Crippen LogP contribution in [0, 0.1) is 0 Å². The summed E-state index contributed by atoms with van der Waals surface area (Å²) in [4.78, 5) is 16.3. The van der Waals surface area contributed by atoms with Crippen LogP contribution in [0.1, 0.15) is 5.56 Å². The third-order valence-corrected chi connectivity index (χ3v) is 4.08. The van der Waals surface area contributed by atoms with E-state index < -0.39 is 0 Å². The Morgan fingerprint density at radius 1 is 1.32 bits per heavy atom. The summed E-state index contributed by atoms with van der Waals surface area (Å²) in [6, 6.07) is 5.51. The first kappa shape index (κ1) is 19.5. The minimum absolute atomic E-state index is 0.0308. The molecule has 6 heteroatoms. The molecule has 0 aliphatic carbocycles. The van der Waals surface area contributed by atoms with Gasteiger partial charge in [0.15, 0.2) is 0 Å². The third-order valence-electron chi connectivity index (χ3n) is 3.84. The van der Waals surface area contributed by atoms with Crippen LogP contribution in [0.15, 0.2) is 35.9 Å². The molecule has 1 heterocycles. The number of hydrogen-bond acceptors (Lipinski definition) is 4. The first-order valence-electron chi connectivity index (χ1n) is 8.23. The lowest BCUT2D eigenvalue weighted by atomic mass is 10.1. The number of benzene rings is 1. The molecule has 0 spiro atoms. The van der Waals surface area contributed by atoms with E-state index >= 15 is 0 Å². The average molecular weight is 365 g/mol. The summed E-state index contributed by atoms with van der Waals surface area (Å²) in [5.41, 5.74) is 1.86. The Bertz CT molecular complexity index is 656. The lowest BCUT2D eigenvalue weighted by molar-refractivity contribution is -0.126. The van der Waals surface area contributed by atoms with Crippen LogP contribution in [0.3, 0.4) is 0 Å². The van der Waals surface area contributed by atoms with E-state index in [2.05, 4.69) is 4.90 Å². The molecule has 0 saturated carbocycles. The molecule has 1 aromatic carbocycles. The summed E-state index contributed by atoms with van der Waals surface area (Å²) in [7, 11) is 5.61. The first-order chi connectivity index (χ1) is 12.0. The molecule has 1 aromatic rings. The number of amides is 1. The maximum absolute atomic E-state index is 12.5. The van der Waals surface area contributed by atoms with Crippen molar-refractivity contribution in [2.45, 2.75) is 0 Å². The highest BCUT2D eigenvalue weighted by Gasteiger charge is 2.13. The van der Waals surface area contributed by atoms with Gasteiger partial charge in [-0.25, -0.2) is 0 Å². The summed E-state index contributed by atoms with van der Waals surface area (Å²) in [5, 5.41) is 0.661. The van der Waals surface area contributed by atoms with Crippen molar-refractivity contribution in [3.63, 3.8) is 0 Å². The molecule has 0 saturated heterocycles. The van der Waals surface area contributed by atoms with Crippen molar-refractivity contribution in [3.05, 3.63) is 46.5 Å². The van der Waals surface area contributed by atoms with Gasteiger partial charge >= 0.3 is 0 Å². The van der Waals surface area contributed by atoms with E-state index in [1.165, 1.54) is 0 Å². The van der Waals surface area contributed by atoms with Crippen LogP contribution in [-0.4, -0.2) is 69.8 Å². The number of rotatable bonds is 8. The molecule has 0 fully saturated rings. The van der Waals surface area contributed by atoms with Gasteiger partial charge in [-0.05, 0) is 43.9 Å².